The molecule has 54 valence electrons. The second-order valence-corrected chi connectivity index (χ2v) is 1.57. The number of carbonyl (C=O) groups excluding carboxylic acids is 1. The lowest BCUT2D eigenvalue weighted by Gasteiger charge is -1.71. The predicted octanol–water partition coefficient (Wildman–Crippen LogP) is 1.08. The quantitative estimate of drug-likeness (QED) is 0.580. The van der Waals surface area contributed by atoms with E-state index in [-0.39, 0.29) is 5.78 Å². The minimum atomic E-state index is -0.833. The first-order valence-corrected chi connectivity index (χ1v) is 2.69. The molecule has 3 heteroatoms. The van der Waals surface area contributed by atoms with Gasteiger partial charge in [0.05, 0.1) is 0 Å². The summed E-state index contributed by atoms with van der Waals surface area (Å²) in [6.45, 7) is 4.52. The average molecular weight is 132 g/mol. The van der Waals surface area contributed by atoms with Gasteiger partial charge in [0.15, 0.2) is 0 Å². The Morgan fingerprint density at radius 3 is 1.44 bits per heavy atom. The standard InChI is InChI=1S/C4H8O.C2H4O2/c1-3-4(2)5;1-2(3)4/h3H2,1-2H3;1H3,(H,3,4). The first-order valence-electron chi connectivity index (χ1n) is 2.69. The molecule has 0 aromatic rings. The number of carboxylic acid groups (broad SMARTS) is 1. The monoisotopic (exact) mass is 132 g/mol. The molecule has 0 bridgehead atoms. The molecule has 0 saturated heterocycles. The topological polar surface area (TPSA) is 54.4 Å². The van der Waals surface area contributed by atoms with E-state index in [1.807, 2.05) is 6.92 Å². The summed E-state index contributed by atoms with van der Waals surface area (Å²) >= 11 is 0. The van der Waals surface area contributed by atoms with Gasteiger partial charge in [0, 0.05) is 13.3 Å². The summed E-state index contributed by atoms with van der Waals surface area (Å²) < 4.78 is 0. The molecule has 0 rings (SSSR count). The Morgan fingerprint density at radius 1 is 1.33 bits per heavy atom. The van der Waals surface area contributed by atoms with Gasteiger partial charge < -0.3 is 9.90 Å². The molecule has 0 aliphatic heterocycles. The highest BCUT2D eigenvalue weighted by atomic mass is 16.4. The van der Waals surface area contributed by atoms with Crippen molar-refractivity contribution in [3.63, 3.8) is 0 Å². The third-order valence-electron chi connectivity index (χ3n) is 0.498. The largest absolute Gasteiger partial charge is 0.481 e. The molecule has 0 amide bonds. The smallest absolute Gasteiger partial charge is 0.300 e. The highest BCUT2D eigenvalue weighted by molar-refractivity contribution is 5.74. The van der Waals surface area contributed by atoms with Crippen LogP contribution in [0.4, 0.5) is 0 Å². The molecule has 0 spiro atoms. The average Bonchev–Trinajstić information content (AvgIpc) is 1.65. The van der Waals surface area contributed by atoms with E-state index in [0.29, 0.717) is 6.42 Å². The van der Waals surface area contributed by atoms with Gasteiger partial charge in [-0.1, -0.05) is 6.92 Å². The van der Waals surface area contributed by atoms with E-state index < -0.39 is 5.97 Å². The molecule has 0 atom stereocenters. The van der Waals surface area contributed by atoms with Gasteiger partial charge in [-0.2, -0.15) is 0 Å². The highest BCUT2D eigenvalue weighted by Gasteiger charge is 1.76. The molecule has 1 N–H and O–H groups in total. The number of ketones is 1. The molecular formula is C6H12O3. The number of aliphatic carboxylic acids is 1. The lowest BCUT2D eigenvalue weighted by Crippen LogP contribution is -1.80. The van der Waals surface area contributed by atoms with E-state index in [4.69, 9.17) is 9.90 Å². The zero-order valence-corrected chi connectivity index (χ0v) is 5.97. The number of Topliss-reactive ketones (excluding diaryl/α,β-unsaturated/α-hetero) is 1. The fourth-order valence-corrected chi connectivity index (χ4v) is 0. The lowest BCUT2D eigenvalue weighted by atomic mass is 10.4. The predicted molar refractivity (Wildman–Crippen MR) is 34.3 cm³/mol. The van der Waals surface area contributed by atoms with Gasteiger partial charge in [0.25, 0.3) is 5.97 Å². The van der Waals surface area contributed by atoms with Crippen molar-refractivity contribution in [1.29, 1.82) is 0 Å². The molecule has 3 nitrogen and oxygen atoms in total. The SMILES string of the molecule is CC(=O)O.CCC(C)=O. The van der Waals surface area contributed by atoms with Crippen molar-refractivity contribution in [2.24, 2.45) is 0 Å². The second-order valence-electron chi connectivity index (χ2n) is 1.57. The summed E-state index contributed by atoms with van der Waals surface area (Å²) in [6, 6.07) is 0. The summed E-state index contributed by atoms with van der Waals surface area (Å²) in [5, 5.41) is 7.42. The van der Waals surface area contributed by atoms with Crippen LogP contribution in [0.1, 0.15) is 27.2 Å². The number of rotatable bonds is 1. The zero-order chi connectivity index (χ0) is 7.86. The highest BCUT2D eigenvalue weighted by Crippen LogP contribution is 1.71. The van der Waals surface area contributed by atoms with Crippen molar-refractivity contribution in [1.82, 2.24) is 0 Å². The van der Waals surface area contributed by atoms with Gasteiger partial charge in [-0.15, -0.1) is 0 Å². The molecule has 0 aromatic carbocycles. The van der Waals surface area contributed by atoms with E-state index in [0.717, 1.165) is 6.92 Å². The lowest BCUT2D eigenvalue weighted by molar-refractivity contribution is -0.134. The van der Waals surface area contributed by atoms with Crippen molar-refractivity contribution in [3.05, 3.63) is 0 Å². The summed E-state index contributed by atoms with van der Waals surface area (Å²) in [4.78, 5) is 18.8. The van der Waals surface area contributed by atoms with Crippen LogP contribution in [0.2, 0.25) is 0 Å². The first-order chi connectivity index (χ1) is 4.00. The van der Waals surface area contributed by atoms with Crippen LogP contribution >= 0.6 is 0 Å². The van der Waals surface area contributed by atoms with Crippen LogP contribution in [0.3, 0.4) is 0 Å². The van der Waals surface area contributed by atoms with Crippen LogP contribution < -0.4 is 0 Å². The van der Waals surface area contributed by atoms with Crippen molar-refractivity contribution >= 4 is 11.8 Å². The Hall–Kier alpha value is -0.860. The summed E-state index contributed by atoms with van der Waals surface area (Å²) in [6.07, 6.45) is 0.667. The molecular weight excluding hydrogens is 120 g/mol. The van der Waals surface area contributed by atoms with E-state index in [2.05, 4.69) is 0 Å². The van der Waals surface area contributed by atoms with Crippen LogP contribution in [-0.4, -0.2) is 16.9 Å². The van der Waals surface area contributed by atoms with Crippen molar-refractivity contribution < 1.29 is 14.7 Å². The minimum Gasteiger partial charge on any atom is -0.481 e. The van der Waals surface area contributed by atoms with Crippen LogP contribution in [0.5, 0.6) is 0 Å². The minimum absolute atomic E-state index is 0.255. The second kappa shape index (κ2) is 7.14. The van der Waals surface area contributed by atoms with Gasteiger partial charge in [-0.3, -0.25) is 4.79 Å². The van der Waals surface area contributed by atoms with E-state index in [1.165, 1.54) is 0 Å². The number of hydrogen-bond donors (Lipinski definition) is 1. The maximum absolute atomic E-state index is 9.81. The number of hydrogen-bond acceptors (Lipinski definition) is 2. The Balaban J connectivity index is 0. The summed E-state index contributed by atoms with van der Waals surface area (Å²) in [7, 11) is 0. The fourth-order valence-electron chi connectivity index (χ4n) is 0. The zero-order valence-electron chi connectivity index (χ0n) is 5.97. The molecule has 0 aromatic heterocycles. The molecule has 0 aliphatic carbocycles. The molecule has 0 unspecified atom stereocenters. The Morgan fingerprint density at radius 2 is 1.44 bits per heavy atom. The first kappa shape index (κ1) is 11.0. The molecule has 9 heavy (non-hydrogen) atoms. The summed E-state index contributed by atoms with van der Waals surface area (Å²) in [5.41, 5.74) is 0. The molecule has 0 radical (unpaired) electrons. The third kappa shape index (κ3) is 145. The van der Waals surface area contributed by atoms with Gasteiger partial charge in [-0.25, -0.2) is 0 Å². The van der Waals surface area contributed by atoms with Gasteiger partial charge in [0.2, 0.25) is 0 Å². The van der Waals surface area contributed by atoms with Gasteiger partial charge in [0.1, 0.15) is 5.78 Å². The molecule has 0 aliphatic rings. The molecule has 0 heterocycles. The fraction of sp³-hybridized carbons (Fsp3) is 0.667. The van der Waals surface area contributed by atoms with Crippen LogP contribution in [-0.2, 0) is 9.59 Å². The van der Waals surface area contributed by atoms with Crippen LogP contribution in [0.15, 0.2) is 0 Å². The third-order valence-corrected chi connectivity index (χ3v) is 0.498. The van der Waals surface area contributed by atoms with Gasteiger partial charge in [-0.05, 0) is 6.92 Å². The van der Waals surface area contributed by atoms with Crippen molar-refractivity contribution in [2.45, 2.75) is 27.2 Å². The maximum Gasteiger partial charge on any atom is 0.300 e. The maximum atomic E-state index is 9.81. The number of carboxylic acids is 1. The summed E-state index contributed by atoms with van der Waals surface area (Å²) in [5.74, 6) is -0.579. The number of carbonyl (C=O) groups is 2. The molecule has 0 saturated carbocycles. The Bertz CT molecular complexity index is 92.5. The normalized spacial score (nSPS) is 7.00. The Labute approximate surface area is 54.7 Å². The van der Waals surface area contributed by atoms with E-state index in [9.17, 15) is 4.79 Å². The molecule has 0 fully saturated rings. The van der Waals surface area contributed by atoms with Crippen LogP contribution in [0, 0.1) is 0 Å². The van der Waals surface area contributed by atoms with E-state index >= 15 is 0 Å². The van der Waals surface area contributed by atoms with Crippen molar-refractivity contribution in [2.75, 3.05) is 0 Å². The van der Waals surface area contributed by atoms with Crippen molar-refractivity contribution in [3.8, 4) is 0 Å². The van der Waals surface area contributed by atoms with Crippen LogP contribution in [0.25, 0.3) is 0 Å². The Kier molecular flexibility index (Phi) is 8.73. The van der Waals surface area contributed by atoms with E-state index in [1.54, 1.807) is 6.92 Å². The van der Waals surface area contributed by atoms with Gasteiger partial charge >= 0.3 is 0 Å².